The van der Waals surface area contributed by atoms with Gasteiger partial charge in [0.2, 0.25) is 0 Å². The Morgan fingerprint density at radius 2 is 1.24 bits per heavy atom. The highest BCUT2D eigenvalue weighted by molar-refractivity contribution is 5.86. The SMILES string of the molecule is Cc1ccccc1-c1cc2c(cc1Cc1ccccc1)C(C)(C)c1ccccc1-2. The summed E-state index contributed by atoms with van der Waals surface area (Å²) < 4.78 is 0. The Bertz CT molecular complexity index is 1200. The summed E-state index contributed by atoms with van der Waals surface area (Å²) in [5.74, 6) is 0. The van der Waals surface area contributed by atoms with Crippen molar-refractivity contribution >= 4 is 0 Å². The number of hydrogen-bond donors (Lipinski definition) is 0. The predicted molar refractivity (Wildman–Crippen MR) is 123 cm³/mol. The Kier molecular flexibility index (Phi) is 4.17. The lowest BCUT2D eigenvalue weighted by molar-refractivity contribution is 0.659. The normalized spacial score (nSPS) is 13.8. The first-order chi connectivity index (χ1) is 14.1. The van der Waals surface area contributed by atoms with Crippen LogP contribution in [0.3, 0.4) is 0 Å². The summed E-state index contributed by atoms with van der Waals surface area (Å²) >= 11 is 0. The average Bonchev–Trinajstić information content (AvgIpc) is 2.96. The first-order valence-corrected chi connectivity index (χ1v) is 10.4. The molecule has 29 heavy (non-hydrogen) atoms. The molecule has 1 aliphatic rings. The molecular weight excluding hydrogens is 348 g/mol. The van der Waals surface area contributed by atoms with E-state index in [9.17, 15) is 0 Å². The van der Waals surface area contributed by atoms with Crippen LogP contribution in [-0.2, 0) is 11.8 Å². The molecule has 0 atom stereocenters. The minimum absolute atomic E-state index is 0.0294. The summed E-state index contributed by atoms with van der Waals surface area (Å²) in [6.45, 7) is 6.93. The standard InChI is InChI=1S/C29H26/c1-20-11-7-8-14-23(20)25-19-26-24-15-9-10-16-27(24)29(2,3)28(26)18-22(25)17-21-12-5-4-6-13-21/h4-16,18-19H,17H2,1-3H3. The molecule has 0 radical (unpaired) electrons. The van der Waals surface area contributed by atoms with Crippen LogP contribution >= 0.6 is 0 Å². The van der Waals surface area contributed by atoms with Gasteiger partial charge >= 0.3 is 0 Å². The monoisotopic (exact) mass is 374 g/mol. The second kappa shape index (κ2) is 6.74. The molecule has 4 aromatic rings. The van der Waals surface area contributed by atoms with E-state index in [1.54, 1.807) is 0 Å². The molecule has 0 aromatic heterocycles. The van der Waals surface area contributed by atoms with Crippen LogP contribution in [0.1, 0.15) is 41.7 Å². The summed E-state index contributed by atoms with van der Waals surface area (Å²) in [6, 6.07) is 33.4. The van der Waals surface area contributed by atoms with Crippen LogP contribution < -0.4 is 0 Å². The molecule has 1 aliphatic carbocycles. The molecule has 0 aliphatic heterocycles. The van der Waals surface area contributed by atoms with Gasteiger partial charge in [0, 0.05) is 5.41 Å². The van der Waals surface area contributed by atoms with Gasteiger partial charge in [0.15, 0.2) is 0 Å². The van der Waals surface area contributed by atoms with Gasteiger partial charge in [-0.25, -0.2) is 0 Å². The van der Waals surface area contributed by atoms with Crippen LogP contribution in [-0.4, -0.2) is 0 Å². The molecule has 0 fully saturated rings. The zero-order valence-electron chi connectivity index (χ0n) is 17.4. The molecule has 0 nitrogen and oxygen atoms in total. The number of fused-ring (bicyclic) bond motifs is 3. The van der Waals surface area contributed by atoms with E-state index in [4.69, 9.17) is 0 Å². The zero-order chi connectivity index (χ0) is 20.0. The smallest absolute Gasteiger partial charge is 0.0158 e. The first-order valence-electron chi connectivity index (χ1n) is 10.4. The fourth-order valence-electron chi connectivity index (χ4n) is 4.88. The predicted octanol–water partition coefficient (Wildman–Crippen LogP) is 7.56. The van der Waals surface area contributed by atoms with Crippen LogP contribution in [0.4, 0.5) is 0 Å². The van der Waals surface area contributed by atoms with Gasteiger partial charge in [-0.2, -0.15) is 0 Å². The molecule has 142 valence electrons. The van der Waals surface area contributed by atoms with Gasteiger partial charge < -0.3 is 0 Å². The molecule has 0 heteroatoms. The molecule has 0 unspecified atom stereocenters. The highest BCUT2D eigenvalue weighted by atomic mass is 14.4. The van der Waals surface area contributed by atoms with E-state index in [0.717, 1.165) is 6.42 Å². The summed E-state index contributed by atoms with van der Waals surface area (Å²) in [5, 5.41) is 0. The average molecular weight is 375 g/mol. The number of hydrogen-bond acceptors (Lipinski definition) is 0. The summed E-state index contributed by atoms with van der Waals surface area (Å²) in [7, 11) is 0. The minimum atomic E-state index is 0.0294. The van der Waals surface area contributed by atoms with Gasteiger partial charge in [-0.15, -0.1) is 0 Å². The van der Waals surface area contributed by atoms with Crippen LogP contribution in [0.15, 0.2) is 91.0 Å². The van der Waals surface area contributed by atoms with Crippen LogP contribution in [0.2, 0.25) is 0 Å². The van der Waals surface area contributed by atoms with E-state index in [2.05, 4.69) is 112 Å². The van der Waals surface area contributed by atoms with Crippen molar-refractivity contribution in [3.05, 3.63) is 119 Å². The van der Waals surface area contributed by atoms with E-state index in [-0.39, 0.29) is 5.41 Å². The van der Waals surface area contributed by atoms with E-state index in [1.165, 1.54) is 50.1 Å². The molecule has 0 heterocycles. The molecule has 4 aromatic carbocycles. The molecule has 0 N–H and O–H groups in total. The first kappa shape index (κ1) is 17.9. The molecule has 0 bridgehead atoms. The third-order valence-electron chi connectivity index (χ3n) is 6.48. The van der Waals surface area contributed by atoms with Crippen molar-refractivity contribution in [3.8, 4) is 22.3 Å². The van der Waals surface area contributed by atoms with Crippen LogP contribution in [0.5, 0.6) is 0 Å². The van der Waals surface area contributed by atoms with Crippen LogP contribution in [0.25, 0.3) is 22.3 Å². The van der Waals surface area contributed by atoms with Crippen molar-refractivity contribution < 1.29 is 0 Å². The largest absolute Gasteiger partial charge is 0.0622 e. The Morgan fingerprint density at radius 3 is 2.00 bits per heavy atom. The quantitative estimate of drug-likeness (QED) is 0.347. The molecule has 0 spiro atoms. The second-order valence-electron chi connectivity index (χ2n) is 8.70. The van der Waals surface area contributed by atoms with Crippen molar-refractivity contribution in [3.63, 3.8) is 0 Å². The summed E-state index contributed by atoms with van der Waals surface area (Å²) in [4.78, 5) is 0. The van der Waals surface area contributed by atoms with Crippen LogP contribution in [0, 0.1) is 6.92 Å². The van der Waals surface area contributed by atoms with Crippen molar-refractivity contribution in [2.75, 3.05) is 0 Å². The highest BCUT2D eigenvalue weighted by Gasteiger charge is 2.36. The van der Waals surface area contributed by atoms with Gasteiger partial charge in [0.1, 0.15) is 0 Å². The fourth-order valence-corrected chi connectivity index (χ4v) is 4.88. The Hall–Kier alpha value is -3.12. The lowest BCUT2D eigenvalue weighted by Gasteiger charge is -2.23. The highest BCUT2D eigenvalue weighted by Crippen LogP contribution is 2.50. The van der Waals surface area contributed by atoms with Gasteiger partial charge in [-0.3, -0.25) is 0 Å². The van der Waals surface area contributed by atoms with Crippen molar-refractivity contribution in [2.24, 2.45) is 0 Å². The Balaban J connectivity index is 1.77. The lowest BCUT2D eigenvalue weighted by Crippen LogP contribution is -2.15. The van der Waals surface area contributed by atoms with Gasteiger partial charge in [0.05, 0.1) is 0 Å². The maximum absolute atomic E-state index is 2.48. The number of aryl methyl sites for hydroxylation is 1. The van der Waals surface area contributed by atoms with E-state index in [1.807, 2.05) is 0 Å². The summed E-state index contributed by atoms with van der Waals surface area (Å²) in [5.41, 5.74) is 12.5. The maximum Gasteiger partial charge on any atom is 0.0158 e. The molecule has 0 saturated carbocycles. The van der Waals surface area contributed by atoms with Gasteiger partial charge in [0.25, 0.3) is 0 Å². The summed E-state index contributed by atoms with van der Waals surface area (Å²) in [6.07, 6.45) is 0.949. The van der Waals surface area contributed by atoms with Gasteiger partial charge in [-0.05, 0) is 69.5 Å². The second-order valence-corrected chi connectivity index (χ2v) is 8.70. The van der Waals surface area contributed by atoms with E-state index < -0.39 is 0 Å². The van der Waals surface area contributed by atoms with Crippen molar-refractivity contribution in [1.29, 1.82) is 0 Å². The molecule has 0 saturated heterocycles. The number of benzene rings is 4. The zero-order valence-corrected chi connectivity index (χ0v) is 17.4. The fraction of sp³-hybridized carbons (Fsp3) is 0.172. The maximum atomic E-state index is 2.48. The third-order valence-corrected chi connectivity index (χ3v) is 6.48. The van der Waals surface area contributed by atoms with Gasteiger partial charge in [-0.1, -0.05) is 98.8 Å². The third kappa shape index (κ3) is 2.91. The topological polar surface area (TPSA) is 0 Å². The lowest BCUT2D eigenvalue weighted by atomic mass is 9.80. The van der Waals surface area contributed by atoms with E-state index in [0.29, 0.717) is 0 Å². The molecule has 0 amide bonds. The number of rotatable bonds is 3. The Morgan fingerprint density at radius 1 is 0.586 bits per heavy atom. The van der Waals surface area contributed by atoms with Crippen molar-refractivity contribution in [1.82, 2.24) is 0 Å². The van der Waals surface area contributed by atoms with Crippen molar-refractivity contribution in [2.45, 2.75) is 32.6 Å². The molecule has 5 rings (SSSR count). The van der Waals surface area contributed by atoms with E-state index >= 15 is 0 Å². The Labute approximate surface area is 173 Å². The molecular formula is C29H26. The minimum Gasteiger partial charge on any atom is -0.0622 e.